The molecule has 1 aromatic heterocycles. The van der Waals surface area contributed by atoms with Gasteiger partial charge in [0.25, 0.3) is 0 Å². The van der Waals surface area contributed by atoms with Gasteiger partial charge in [0.1, 0.15) is 6.10 Å². The molecule has 1 aromatic rings. The lowest BCUT2D eigenvalue weighted by Crippen LogP contribution is -2.59. The zero-order valence-electron chi connectivity index (χ0n) is 10.9. The predicted octanol–water partition coefficient (Wildman–Crippen LogP) is 0.631. The number of hydrogen-bond acceptors (Lipinski definition) is 6. The molecule has 1 aliphatic rings. The molecule has 18 heavy (non-hydrogen) atoms. The Morgan fingerprint density at radius 1 is 1.33 bits per heavy atom. The normalized spacial score (nSPS) is 19.3. The minimum Gasteiger partial charge on any atom is -0.457 e. The molecule has 0 spiro atoms. The van der Waals surface area contributed by atoms with Crippen LogP contribution < -0.4 is 4.74 Å². The SMILES string of the molecule is CC(C)(C)OC(O)N1CC(Oc2ncccn2)C1. The number of nitrogens with zero attached hydrogens (tertiary/aromatic N) is 3. The van der Waals surface area contributed by atoms with Crippen LogP contribution in [0.15, 0.2) is 18.5 Å². The van der Waals surface area contributed by atoms with Crippen LogP contribution in [0.3, 0.4) is 0 Å². The summed E-state index contributed by atoms with van der Waals surface area (Å²) in [6, 6.07) is 2.11. The second-order valence-corrected chi connectivity index (χ2v) is 5.28. The van der Waals surface area contributed by atoms with E-state index in [2.05, 4.69) is 9.97 Å². The van der Waals surface area contributed by atoms with Crippen molar-refractivity contribution < 1.29 is 14.6 Å². The zero-order valence-corrected chi connectivity index (χ0v) is 10.9. The Labute approximate surface area is 107 Å². The average Bonchev–Trinajstić information content (AvgIpc) is 2.21. The van der Waals surface area contributed by atoms with Crippen molar-refractivity contribution in [2.24, 2.45) is 0 Å². The molecule has 0 amide bonds. The summed E-state index contributed by atoms with van der Waals surface area (Å²) in [5.41, 5.74) is -0.367. The molecule has 1 fully saturated rings. The van der Waals surface area contributed by atoms with E-state index in [9.17, 15) is 5.11 Å². The summed E-state index contributed by atoms with van der Waals surface area (Å²) in [6.45, 7) is 6.93. The third-order valence-corrected chi connectivity index (χ3v) is 2.46. The number of aliphatic hydroxyl groups excluding tert-OH is 1. The fourth-order valence-corrected chi connectivity index (χ4v) is 1.61. The number of hydrogen-bond donors (Lipinski definition) is 1. The molecule has 1 aliphatic heterocycles. The van der Waals surface area contributed by atoms with Crippen LogP contribution in [0.25, 0.3) is 0 Å². The molecule has 1 N–H and O–H groups in total. The van der Waals surface area contributed by atoms with Crippen molar-refractivity contribution in [1.29, 1.82) is 0 Å². The minimum atomic E-state index is -0.887. The fourth-order valence-electron chi connectivity index (χ4n) is 1.61. The summed E-state index contributed by atoms with van der Waals surface area (Å²) in [4.78, 5) is 9.76. The number of aliphatic hydroxyl groups is 1. The highest BCUT2D eigenvalue weighted by Crippen LogP contribution is 2.19. The van der Waals surface area contributed by atoms with E-state index >= 15 is 0 Å². The minimum absolute atomic E-state index is 0.00520. The molecule has 0 aliphatic carbocycles. The molecule has 1 saturated heterocycles. The van der Waals surface area contributed by atoms with Crippen molar-refractivity contribution >= 4 is 0 Å². The maximum atomic E-state index is 9.81. The predicted molar refractivity (Wildman–Crippen MR) is 64.9 cm³/mol. The van der Waals surface area contributed by atoms with E-state index in [0.29, 0.717) is 19.1 Å². The van der Waals surface area contributed by atoms with Gasteiger partial charge < -0.3 is 14.6 Å². The first-order valence-electron chi connectivity index (χ1n) is 5.98. The van der Waals surface area contributed by atoms with Crippen molar-refractivity contribution in [3.8, 4) is 6.01 Å². The van der Waals surface area contributed by atoms with Crippen LogP contribution in [-0.2, 0) is 4.74 Å². The van der Waals surface area contributed by atoms with Gasteiger partial charge in [-0.05, 0) is 26.8 Å². The van der Waals surface area contributed by atoms with Gasteiger partial charge in [0.05, 0.1) is 5.60 Å². The molecule has 0 saturated carbocycles. The molecule has 6 nitrogen and oxygen atoms in total. The average molecular weight is 253 g/mol. The topological polar surface area (TPSA) is 67.7 Å². The largest absolute Gasteiger partial charge is 0.457 e. The number of likely N-dealkylation sites (tertiary alicyclic amines) is 1. The van der Waals surface area contributed by atoms with E-state index in [1.165, 1.54) is 0 Å². The quantitative estimate of drug-likeness (QED) is 0.794. The van der Waals surface area contributed by atoms with Gasteiger partial charge in [-0.3, -0.25) is 0 Å². The lowest BCUT2D eigenvalue weighted by molar-refractivity contribution is -0.265. The smallest absolute Gasteiger partial charge is 0.316 e. The first-order chi connectivity index (χ1) is 8.44. The van der Waals surface area contributed by atoms with Gasteiger partial charge in [0.2, 0.25) is 6.41 Å². The number of aromatic nitrogens is 2. The monoisotopic (exact) mass is 253 g/mol. The summed E-state index contributed by atoms with van der Waals surface area (Å²) < 4.78 is 11.0. The van der Waals surface area contributed by atoms with Crippen molar-refractivity contribution in [2.75, 3.05) is 13.1 Å². The summed E-state index contributed by atoms with van der Waals surface area (Å²) in [7, 11) is 0. The van der Waals surface area contributed by atoms with Crippen LogP contribution in [0.2, 0.25) is 0 Å². The van der Waals surface area contributed by atoms with E-state index in [1.807, 2.05) is 20.8 Å². The van der Waals surface area contributed by atoms with Gasteiger partial charge in [-0.1, -0.05) is 0 Å². The van der Waals surface area contributed by atoms with E-state index in [0.717, 1.165) is 0 Å². The molecule has 1 unspecified atom stereocenters. The summed E-state index contributed by atoms with van der Waals surface area (Å²) in [5, 5.41) is 9.81. The Bertz CT molecular complexity index is 374. The Hall–Kier alpha value is -1.24. The Morgan fingerprint density at radius 3 is 2.50 bits per heavy atom. The van der Waals surface area contributed by atoms with Gasteiger partial charge in [-0.2, -0.15) is 0 Å². The Kier molecular flexibility index (Phi) is 3.79. The molecule has 6 heteroatoms. The maximum absolute atomic E-state index is 9.81. The van der Waals surface area contributed by atoms with Crippen LogP contribution in [0.4, 0.5) is 0 Å². The van der Waals surface area contributed by atoms with Crippen LogP contribution in [-0.4, -0.2) is 51.2 Å². The van der Waals surface area contributed by atoms with Gasteiger partial charge in [-0.15, -0.1) is 0 Å². The Balaban J connectivity index is 1.74. The molecule has 0 bridgehead atoms. The van der Waals surface area contributed by atoms with Crippen molar-refractivity contribution in [2.45, 2.75) is 38.9 Å². The molecule has 100 valence electrons. The second-order valence-electron chi connectivity index (χ2n) is 5.28. The molecular formula is C12H19N3O3. The molecule has 2 heterocycles. The number of rotatable bonds is 4. The van der Waals surface area contributed by atoms with E-state index in [1.54, 1.807) is 23.4 Å². The first kappa shape index (κ1) is 13.2. The van der Waals surface area contributed by atoms with Crippen LogP contribution in [0, 0.1) is 0 Å². The molecule has 0 radical (unpaired) electrons. The van der Waals surface area contributed by atoms with Crippen LogP contribution in [0.5, 0.6) is 6.01 Å². The lowest BCUT2D eigenvalue weighted by atomic mass is 10.1. The van der Waals surface area contributed by atoms with Gasteiger partial charge >= 0.3 is 6.01 Å². The highest BCUT2D eigenvalue weighted by molar-refractivity contribution is 4.96. The van der Waals surface area contributed by atoms with Gasteiger partial charge in [0.15, 0.2) is 0 Å². The summed E-state index contributed by atoms with van der Waals surface area (Å²) in [6.07, 6.45) is 2.39. The number of ether oxygens (including phenoxy) is 2. The summed E-state index contributed by atoms with van der Waals surface area (Å²) >= 11 is 0. The third-order valence-electron chi connectivity index (χ3n) is 2.46. The van der Waals surface area contributed by atoms with E-state index < -0.39 is 6.41 Å². The first-order valence-corrected chi connectivity index (χ1v) is 5.98. The molecule has 0 aromatic carbocycles. The Morgan fingerprint density at radius 2 is 1.94 bits per heavy atom. The highest BCUT2D eigenvalue weighted by atomic mass is 16.6. The van der Waals surface area contributed by atoms with Crippen molar-refractivity contribution in [3.05, 3.63) is 18.5 Å². The lowest BCUT2D eigenvalue weighted by Gasteiger charge is -2.42. The third kappa shape index (κ3) is 3.63. The molecule has 2 rings (SSSR count). The summed E-state index contributed by atoms with van der Waals surface area (Å²) in [5.74, 6) is 0. The van der Waals surface area contributed by atoms with Crippen LogP contribution in [0.1, 0.15) is 20.8 Å². The second kappa shape index (κ2) is 5.17. The zero-order chi connectivity index (χ0) is 13.2. The molecular weight excluding hydrogens is 234 g/mol. The maximum Gasteiger partial charge on any atom is 0.316 e. The van der Waals surface area contributed by atoms with Gasteiger partial charge in [-0.25, -0.2) is 14.9 Å². The standard InChI is InChI=1S/C12H19N3O3/c1-12(2,3)18-11(16)15-7-9(8-15)17-10-13-5-4-6-14-10/h4-6,9,11,16H,7-8H2,1-3H3. The van der Waals surface area contributed by atoms with Crippen molar-refractivity contribution in [1.82, 2.24) is 14.9 Å². The van der Waals surface area contributed by atoms with E-state index in [4.69, 9.17) is 9.47 Å². The van der Waals surface area contributed by atoms with E-state index in [-0.39, 0.29) is 11.7 Å². The highest BCUT2D eigenvalue weighted by Gasteiger charge is 2.35. The van der Waals surface area contributed by atoms with Gasteiger partial charge in [0, 0.05) is 25.5 Å². The van der Waals surface area contributed by atoms with Crippen molar-refractivity contribution in [3.63, 3.8) is 0 Å². The fraction of sp³-hybridized carbons (Fsp3) is 0.667. The van der Waals surface area contributed by atoms with Crippen LogP contribution >= 0.6 is 0 Å². The molecule has 1 atom stereocenters.